The molecule has 3 aromatic rings. The average molecular weight is 359 g/mol. The maximum Gasteiger partial charge on any atom is 0.227 e. The zero-order chi connectivity index (χ0) is 18.9. The number of anilines is 2. The maximum atomic E-state index is 9.28. The lowest BCUT2D eigenvalue weighted by molar-refractivity contribution is 0.199. The van der Waals surface area contributed by atoms with Gasteiger partial charge < -0.3 is 15.4 Å². The molecule has 0 saturated carbocycles. The largest absolute Gasteiger partial charge is 0.383 e. The van der Waals surface area contributed by atoms with Crippen LogP contribution in [-0.2, 0) is 11.3 Å². The number of benzene rings is 2. The summed E-state index contributed by atoms with van der Waals surface area (Å²) in [5.41, 5.74) is 4.19. The van der Waals surface area contributed by atoms with E-state index in [9.17, 15) is 5.26 Å². The van der Waals surface area contributed by atoms with Gasteiger partial charge in [0.2, 0.25) is 5.95 Å². The van der Waals surface area contributed by atoms with Crippen molar-refractivity contribution in [1.82, 2.24) is 15.3 Å². The number of hydrogen-bond acceptors (Lipinski definition) is 6. The Hall–Kier alpha value is -3.27. The Kier molecular flexibility index (Phi) is 6.47. The molecule has 0 saturated heterocycles. The van der Waals surface area contributed by atoms with Gasteiger partial charge in [-0.25, -0.2) is 9.97 Å². The molecule has 0 aliphatic rings. The summed E-state index contributed by atoms with van der Waals surface area (Å²) >= 11 is 0. The molecule has 0 aliphatic carbocycles. The molecule has 0 amide bonds. The van der Waals surface area contributed by atoms with Gasteiger partial charge in [-0.05, 0) is 29.8 Å². The zero-order valence-electron chi connectivity index (χ0n) is 15.1. The van der Waals surface area contributed by atoms with Crippen LogP contribution in [0.15, 0.2) is 60.8 Å². The van der Waals surface area contributed by atoms with E-state index in [0.717, 1.165) is 24.3 Å². The molecule has 0 aliphatic heterocycles. The highest BCUT2D eigenvalue weighted by molar-refractivity contribution is 5.68. The van der Waals surface area contributed by atoms with Gasteiger partial charge in [-0.2, -0.15) is 5.26 Å². The quantitative estimate of drug-likeness (QED) is 0.599. The van der Waals surface area contributed by atoms with Gasteiger partial charge in [0.15, 0.2) is 0 Å². The summed E-state index contributed by atoms with van der Waals surface area (Å²) in [7, 11) is 1.69. The molecule has 1 aromatic heterocycles. The Morgan fingerprint density at radius 2 is 1.89 bits per heavy atom. The second-order valence-corrected chi connectivity index (χ2v) is 5.91. The van der Waals surface area contributed by atoms with Crippen molar-refractivity contribution in [3.8, 4) is 17.3 Å². The number of ether oxygens (including phenoxy) is 1. The van der Waals surface area contributed by atoms with E-state index in [0.29, 0.717) is 23.8 Å². The van der Waals surface area contributed by atoms with Crippen LogP contribution in [0.3, 0.4) is 0 Å². The van der Waals surface area contributed by atoms with Gasteiger partial charge in [0, 0.05) is 37.6 Å². The van der Waals surface area contributed by atoms with E-state index < -0.39 is 0 Å². The standard InChI is InChI=1S/C21H21N5O/c1-27-13-12-23-15-16-6-8-18(9-7-16)25-21-24-11-10-20(26-21)19-5-3-2-4-17(19)14-22/h2-11,23H,12-13,15H2,1H3,(H,24,25,26). The third-order valence-corrected chi connectivity index (χ3v) is 4.00. The van der Waals surface area contributed by atoms with Gasteiger partial charge in [-0.3, -0.25) is 0 Å². The predicted molar refractivity (Wildman–Crippen MR) is 105 cm³/mol. The number of nitriles is 1. The lowest BCUT2D eigenvalue weighted by atomic mass is 10.1. The molecule has 2 aromatic carbocycles. The third-order valence-electron chi connectivity index (χ3n) is 4.00. The van der Waals surface area contributed by atoms with Gasteiger partial charge in [0.25, 0.3) is 0 Å². The van der Waals surface area contributed by atoms with Crippen LogP contribution in [-0.4, -0.2) is 30.2 Å². The topological polar surface area (TPSA) is 82.9 Å². The molecule has 3 rings (SSSR count). The molecule has 0 fully saturated rings. The van der Waals surface area contributed by atoms with E-state index in [1.165, 1.54) is 5.56 Å². The van der Waals surface area contributed by atoms with Gasteiger partial charge in [-0.1, -0.05) is 30.3 Å². The van der Waals surface area contributed by atoms with E-state index in [4.69, 9.17) is 4.74 Å². The van der Waals surface area contributed by atoms with Crippen molar-refractivity contribution < 1.29 is 4.74 Å². The molecular formula is C21H21N5O. The summed E-state index contributed by atoms with van der Waals surface area (Å²) in [6, 6.07) is 19.5. The zero-order valence-corrected chi connectivity index (χ0v) is 15.1. The fourth-order valence-corrected chi connectivity index (χ4v) is 2.61. The number of nitrogens with zero attached hydrogens (tertiary/aromatic N) is 3. The monoisotopic (exact) mass is 359 g/mol. The fraction of sp³-hybridized carbons (Fsp3) is 0.190. The Morgan fingerprint density at radius 1 is 1.07 bits per heavy atom. The first-order chi connectivity index (χ1) is 13.3. The van der Waals surface area contributed by atoms with Crippen molar-refractivity contribution in [1.29, 1.82) is 5.26 Å². The van der Waals surface area contributed by atoms with Crippen molar-refractivity contribution in [2.75, 3.05) is 25.6 Å². The minimum atomic E-state index is 0.492. The molecule has 0 unspecified atom stereocenters. The first-order valence-electron chi connectivity index (χ1n) is 8.68. The predicted octanol–water partition coefficient (Wildman–Crippen LogP) is 3.49. The maximum absolute atomic E-state index is 9.28. The molecule has 0 radical (unpaired) electrons. The van der Waals surface area contributed by atoms with E-state index >= 15 is 0 Å². The van der Waals surface area contributed by atoms with Gasteiger partial charge in [0.1, 0.15) is 0 Å². The van der Waals surface area contributed by atoms with E-state index in [1.54, 1.807) is 25.4 Å². The Labute approximate surface area is 158 Å². The van der Waals surface area contributed by atoms with Crippen molar-refractivity contribution in [2.24, 2.45) is 0 Å². The Bertz CT molecular complexity index is 918. The summed E-state index contributed by atoms with van der Waals surface area (Å²) in [6.07, 6.45) is 1.69. The Morgan fingerprint density at radius 3 is 2.67 bits per heavy atom. The van der Waals surface area contributed by atoms with Gasteiger partial charge >= 0.3 is 0 Å². The summed E-state index contributed by atoms with van der Waals surface area (Å²) in [5.74, 6) is 0.492. The second-order valence-electron chi connectivity index (χ2n) is 5.91. The van der Waals surface area contributed by atoms with Gasteiger partial charge in [0.05, 0.1) is 23.9 Å². The average Bonchev–Trinajstić information content (AvgIpc) is 2.72. The van der Waals surface area contributed by atoms with E-state index in [-0.39, 0.29) is 0 Å². The van der Waals surface area contributed by atoms with Crippen LogP contribution in [0.25, 0.3) is 11.3 Å². The molecule has 1 heterocycles. The number of hydrogen-bond donors (Lipinski definition) is 2. The van der Waals surface area contributed by atoms with Crippen LogP contribution >= 0.6 is 0 Å². The molecule has 6 nitrogen and oxygen atoms in total. The minimum Gasteiger partial charge on any atom is -0.383 e. The smallest absolute Gasteiger partial charge is 0.227 e. The lowest BCUT2D eigenvalue weighted by Crippen LogP contribution is -2.18. The summed E-state index contributed by atoms with van der Waals surface area (Å²) in [5, 5.41) is 15.8. The number of nitrogens with one attached hydrogen (secondary N) is 2. The molecule has 0 atom stereocenters. The second kappa shape index (κ2) is 9.43. The lowest BCUT2D eigenvalue weighted by Gasteiger charge is -2.09. The van der Waals surface area contributed by atoms with Crippen LogP contribution in [0.5, 0.6) is 0 Å². The number of aromatic nitrogens is 2. The highest BCUT2D eigenvalue weighted by Gasteiger charge is 2.07. The third kappa shape index (κ3) is 5.11. The molecule has 6 heteroatoms. The van der Waals surface area contributed by atoms with Crippen molar-refractivity contribution >= 4 is 11.6 Å². The number of methoxy groups -OCH3 is 1. The first kappa shape index (κ1) is 18.5. The van der Waals surface area contributed by atoms with Gasteiger partial charge in [-0.15, -0.1) is 0 Å². The summed E-state index contributed by atoms with van der Waals surface area (Å²) in [4.78, 5) is 8.82. The highest BCUT2D eigenvalue weighted by Crippen LogP contribution is 2.22. The van der Waals surface area contributed by atoms with E-state index in [2.05, 4.69) is 38.8 Å². The van der Waals surface area contributed by atoms with Crippen LogP contribution < -0.4 is 10.6 Å². The summed E-state index contributed by atoms with van der Waals surface area (Å²) < 4.78 is 5.02. The molecule has 0 bridgehead atoms. The molecule has 27 heavy (non-hydrogen) atoms. The molecule has 2 N–H and O–H groups in total. The van der Waals surface area contributed by atoms with Crippen LogP contribution in [0.4, 0.5) is 11.6 Å². The number of rotatable bonds is 8. The van der Waals surface area contributed by atoms with Crippen LogP contribution in [0.1, 0.15) is 11.1 Å². The van der Waals surface area contributed by atoms with Crippen LogP contribution in [0.2, 0.25) is 0 Å². The van der Waals surface area contributed by atoms with Crippen molar-refractivity contribution in [2.45, 2.75) is 6.54 Å². The first-order valence-corrected chi connectivity index (χ1v) is 8.68. The minimum absolute atomic E-state index is 0.492. The Balaban J connectivity index is 1.69. The summed E-state index contributed by atoms with van der Waals surface area (Å²) in [6.45, 7) is 2.31. The van der Waals surface area contributed by atoms with Crippen molar-refractivity contribution in [3.05, 3.63) is 71.9 Å². The molecule has 136 valence electrons. The highest BCUT2D eigenvalue weighted by atomic mass is 16.5. The normalized spacial score (nSPS) is 10.4. The van der Waals surface area contributed by atoms with Crippen LogP contribution in [0, 0.1) is 11.3 Å². The SMILES string of the molecule is COCCNCc1ccc(Nc2nccc(-c3ccccc3C#N)n2)cc1. The van der Waals surface area contributed by atoms with E-state index in [1.807, 2.05) is 30.3 Å². The van der Waals surface area contributed by atoms with Crippen molar-refractivity contribution in [3.63, 3.8) is 0 Å². The molecular weight excluding hydrogens is 338 g/mol. The fourth-order valence-electron chi connectivity index (χ4n) is 2.61. The molecule has 0 spiro atoms.